The summed E-state index contributed by atoms with van der Waals surface area (Å²) < 4.78 is 66.4. The molecule has 3 aliphatic rings. The van der Waals surface area contributed by atoms with Gasteiger partial charge in [0.15, 0.2) is 0 Å². The predicted octanol–water partition coefficient (Wildman–Crippen LogP) is 1.91. The number of alkyl halides is 3. The zero-order valence-corrected chi connectivity index (χ0v) is 10.9. The summed E-state index contributed by atoms with van der Waals surface area (Å²) in [5.41, 5.74) is -3.28. The van der Waals surface area contributed by atoms with Gasteiger partial charge < -0.3 is 4.74 Å². The normalized spacial score (nSPS) is 29.2. The Kier molecular flexibility index (Phi) is 2.91. The standard InChI is InChI=1S/C12H10F3NO3S/c13-12(14,15)20(17,18)9-3-7-1-2-16-5-8-6-19-10(4-9)11(7)8/h1-3,5,9-10H,4,6H2. The van der Waals surface area contributed by atoms with Crippen LogP contribution in [0.1, 0.15) is 6.42 Å². The van der Waals surface area contributed by atoms with E-state index in [0.717, 1.165) is 17.2 Å². The van der Waals surface area contributed by atoms with Crippen molar-refractivity contribution >= 4 is 16.1 Å². The molecule has 20 heavy (non-hydrogen) atoms. The molecule has 0 aromatic heterocycles. The lowest BCUT2D eigenvalue weighted by atomic mass is 9.89. The lowest BCUT2D eigenvalue weighted by molar-refractivity contribution is -0.0444. The molecule has 2 unspecified atom stereocenters. The Morgan fingerprint density at radius 3 is 2.80 bits per heavy atom. The Morgan fingerprint density at radius 1 is 1.35 bits per heavy atom. The van der Waals surface area contributed by atoms with Gasteiger partial charge in [-0.2, -0.15) is 13.2 Å². The molecule has 0 aromatic rings. The molecule has 0 saturated heterocycles. The zero-order valence-electron chi connectivity index (χ0n) is 10.1. The largest absolute Gasteiger partial charge is 0.497 e. The van der Waals surface area contributed by atoms with Crippen molar-refractivity contribution in [1.29, 1.82) is 0 Å². The first-order valence-electron chi connectivity index (χ1n) is 5.87. The molecular formula is C12H10F3NO3S. The van der Waals surface area contributed by atoms with Crippen molar-refractivity contribution in [3.63, 3.8) is 0 Å². The average Bonchev–Trinajstić information content (AvgIpc) is 2.64. The fraction of sp³-hybridized carbons (Fsp3) is 0.417. The van der Waals surface area contributed by atoms with E-state index in [1.165, 1.54) is 12.3 Å². The highest BCUT2D eigenvalue weighted by molar-refractivity contribution is 7.93. The van der Waals surface area contributed by atoms with Crippen LogP contribution in [0.4, 0.5) is 13.2 Å². The quantitative estimate of drug-likeness (QED) is 0.743. The second-order valence-corrected chi connectivity index (χ2v) is 6.88. The van der Waals surface area contributed by atoms with Crippen LogP contribution >= 0.6 is 0 Å². The van der Waals surface area contributed by atoms with Gasteiger partial charge in [0.25, 0.3) is 9.84 Å². The summed E-state index contributed by atoms with van der Waals surface area (Å²) in [7, 11) is -5.24. The predicted molar refractivity (Wildman–Crippen MR) is 65.9 cm³/mol. The van der Waals surface area contributed by atoms with Crippen LogP contribution in [0.5, 0.6) is 0 Å². The SMILES string of the molecule is O=S(=O)(C1C=C2C=CN=CC3=C2C(C1)OC3)C(F)(F)F. The minimum absolute atomic E-state index is 0.216. The van der Waals surface area contributed by atoms with Crippen LogP contribution in [0.2, 0.25) is 0 Å². The van der Waals surface area contributed by atoms with Crippen LogP contribution in [0.15, 0.2) is 40.1 Å². The molecule has 0 fully saturated rings. The summed E-state index contributed by atoms with van der Waals surface area (Å²) in [6.45, 7) is 0.237. The number of sulfone groups is 1. The second kappa shape index (κ2) is 4.29. The monoisotopic (exact) mass is 305 g/mol. The van der Waals surface area contributed by atoms with E-state index >= 15 is 0 Å². The summed E-state index contributed by atoms with van der Waals surface area (Å²) in [5, 5.41) is -1.62. The summed E-state index contributed by atoms with van der Waals surface area (Å²) in [4.78, 5) is 3.95. The van der Waals surface area contributed by atoms with Gasteiger partial charge in [0.05, 0.1) is 18.0 Å². The average molecular weight is 305 g/mol. The van der Waals surface area contributed by atoms with Gasteiger partial charge in [0, 0.05) is 18.0 Å². The van der Waals surface area contributed by atoms with Gasteiger partial charge in [-0.05, 0) is 23.6 Å². The Morgan fingerprint density at radius 2 is 2.10 bits per heavy atom. The third-order valence-corrected chi connectivity index (χ3v) is 5.29. The Labute approximate surface area is 113 Å². The lowest BCUT2D eigenvalue weighted by Crippen LogP contribution is -2.38. The molecule has 0 N–H and O–H groups in total. The Balaban J connectivity index is 2.07. The zero-order chi connectivity index (χ0) is 14.5. The van der Waals surface area contributed by atoms with Gasteiger partial charge in [-0.25, -0.2) is 8.42 Å². The molecule has 0 amide bonds. The molecule has 3 rings (SSSR count). The number of aliphatic imine (C=N–C) groups is 1. The summed E-state index contributed by atoms with van der Waals surface area (Å²) in [6, 6.07) is 0. The molecule has 2 atom stereocenters. The van der Waals surface area contributed by atoms with Crippen molar-refractivity contribution in [1.82, 2.24) is 0 Å². The van der Waals surface area contributed by atoms with E-state index in [0.29, 0.717) is 5.57 Å². The highest BCUT2D eigenvalue weighted by Gasteiger charge is 2.52. The van der Waals surface area contributed by atoms with Gasteiger partial charge in [-0.3, -0.25) is 4.99 Å². The maximum absolute atomic E-state index is 12.7. The minimum atomic E-state index is -5.26. The number of ether oxygens (including phenoxy) is 1. The van der Waals surface area contributed by atoms with Crippen molar-refractivity contribution in [3.8, 4) is 0 Å². The van der Waals surface area contributed by atoms with Crippen molar-refractivity contribution in [2.45, 2.75) is 23.3 Å². The molecule has 0 bridgehead atoms. The molecule has 1 aliphatic carbocycles. The summed E-state index contributed by atoms with van der Waals surface area (Å²) in [6.07, 6.45) is 4.84. The van der Waals surface area contributed by atoms with Gasteiger partial charge in [-0.15, -0.1) is 0 Å². The molecule has 8 heteroatoms. The first-order valence-corrected chi connectivity index (χ1v) is 7.42. The van der Waals surface area contributed by atoms with Crippen molar-refractivity contribution < 1.29 is 26.3 Å². The van der Waals surface area contributed by atoms with Gasteiger partial charge >= 0.3 is 5.51 Å². The number of halogens is 3. The van der Waals surface area contributed by atoms with Crippen molar-refractivity contribution in [2.75, 3.05) is 6.61 Å². The van der Waals surface area contributed by atoms with E-state index in [4.69, 9.17) is 4.74 Å². The highest BCUT2D eigenvalue weighted by atomic mass is 32.2. The Bertz CT molecular complexity index is 671. The fourth-order valence-corrected chi connectivity index (χ4v) is 3.68. The van der Waals surface area contributed by atoms with Crippen LogP contribution in [-0.4, -0.2) is 38.1 Å². The molecular weight excluding hydrogens is 295 g/mol. The lowest BCUT2D eigenvalue weighted by Gasteiger charge is -2.27. The number of rotatable bonds is 1. The van der Waals surface area contributed by atoms with Gasteiger partial charge in [-0.1, -0.05) is 6.08 Å². The minimum Gasteiger partial charge on any atom is -0.369 e. The van der Waals surface area contributed by atoms with Crippen LogP contribution in [0.25, 0.3) is 0 Å². The van der Waals surface area contributed by atoms with E-state index in [-0.39, 0.29) is 13.0 Å². The van der Waals surface area contributed by atoms with Crippen LogP contribution in [-0.2, 0) is 14.6 Å². The topological polar surface area (TPSA) is 55.7 Å². The van der Waals surface area contributed by atoms with Crippen LogP contribution in [0, 0.1) is 0 Å². The van der Waals surface area contributed by atoms with E-state index in [1.54, 1.807) is 6.21 Å². The first kappa shape index (κ1) is 13.6. The molecule has 0 aromatic carbocycles. The van der Waals surface area contributed by atoms with Gasteiger partial charge in [0.2, 0.25) is 0 Å². The maximum Gasteiger partial charge on any atom is 0.497 e. The number of hydrogen-bond acceptors (Lipinski definition) is 4. The Hall–Kier alpha value is -1.41. The third-order valence-electron chi connectivity index (χ3n) is 3.52. The second-order valence-electron chi connectivity index (χ2n) is 4.72. The number of nitrogens with zero attached hydrogens (tertiary/aromatic N) is 1. The van der Waals surface area contributed by atoms with E-state index < -0.39 is 26.7 Å². The number of hydrogen-bond donors (Lipinski definition) is 0. The molecule has 0 spiro atoms. The summed E-state index contributed by atoms with van der Waals surface area (Å²) >= 11 is 0. The van der Waals surface area contributed by atoms with E-state index in [1.807, 2.05) is 0 Å². The maximum atomic E-state index is 12.7. The fourth-order valence-electron chi connectivity index (χ4n) is 2.58. The van der Waals surface area contributed by atoms with Crippen LogP contribution in [0.3, 0.4) is 0 Å². The molecule has 4 nitrogen and oxygen atoms in total. The highest BCUT2D eigenvalue weighted by Crippen LogP contribution is 2.40. The van der Waals surface area contributed by atoms with Crippen molar-refractivity contribution in [2.24, 2.45) is 4.99 Å². The first-order chi connectivity index (χ1) is 9.30. The smallest absolute Gasteiger partial charge is 0.369 e. The van der Waals surface area contributed by atoms with Gasteiger partial charge in [0.1, 0.15) is 0 Å². The summed E-state index contributed by atoms with van der Waals surface area (Å²) in [5.74, 6) is 0. The molecule has 2 heterocycles. The molecule has 2 aliphatic heterocycles. The molecule has 108 valence electrons. The number of allylic oxidation sites excluding steroid dienone is 1. The molecule has 0 radical (unpaired) electrons. The van der Waals surface area contributed by atoms with Crippen LogP contribution < -0.4 is 0 Å². The third kappa shape index (κ3) is 1.94. The van der Waals surface area contributed by atoms with Crippen molar-refractivity contribution in [3.05, 3.63) is 35.1 Å². The van der Waals surface area contributed by atoms with E-state index in [2.05, 4.69) is 4.99 Å². The molecule has 0 saturated carbocycles. The van der Waals surface area contributed by atoms with E-state index in [9.17, 15) is 21.6 Å².